The number of hydrogen-bond donors (Lipinski definition) is 9. The van der Waals surface area contributed by atoms with Crippen LogP contribution >= 0.6 is 0 Å². The Hall–Kier alpha value is -0.440. The maximum Gasteiger partial charge on any atom is 0.187 e. The quantitative estimate of drug-likeness (QED) is 0.203. The number of aliphatic hydroxyl groups is 9. The van der Waals surface area contributed by atoms with Crippen LogP contribution in [0.2, 0.25) is 0 Å². The van der Waals surface area contributed by atoms with E-state index in [4.69, 9.17) is 19.7 Å². The van der Waals surface area contributed by atoms with E-state index in [9.17, 15) is 35.7 Å². The van der Waals surface area contributed by atoms with Gasteiger partial charge < -0.3 is 55.4 Å². The third-order valence-electron chi connectivity index (χ3n) is 3.65. The van der Waals surface area contributed by atoms with Crippen molar-refractivity contribution in [1.29, 1.82) is 0 Å². The zero-order valence-corrected chi connectivity index (χ0v) is 12.2. The predicted octanol–water partition coefficient (Wildman–Crippen LogP) is -5.76. The molecule has 0 unspecified atom stereocenters. The minimum absolute atomic E-state index is 0.691. The summed E-state index contributed by atoms with van der Waals surface area (Å²) in [4.78, 5) is 0. The lowest BCUT2D eigenvalue weighted by Gasteiger charge is -2.41. The van der Waals surface area contributed by atoms with Crippen molar-refractivity contribution in [2.75, 3.05) is 19.8 Å². The van der Waals surface area contributed by atoms with Crippen molar-refractivity contribution in [3.8, 4) is 0 Å². The summed E-state index contributed by atoms with van der Waals surface area (Å²) >= 11 is 0. The average Bonchev–Trinajstić information content (AvgIpc) is 2.57. The number of hydrogen-bond acceptors (Lipinski definition) is 11. The van der Waals surface area contributed by atoms with Crippen molar-refractivity contribution in [2.45, 2.75) is 55.1 Å². The summed E-state index contributed by atoms with van der Waals surface area (Å²) in [5.41, 5.74) is 0. The van der Waals surface area contributed by atoms with Crippen LogP contribution in [-0.4, -0.2) is 121 Å². The van der Waals surface area contributed by atoms with Gasteiger partial charge in [-0.1, -0.05) is 0 Å². The van der Waals surface area contributed by atoms with Gasteiger partial charge in [-0.2, -0.15) is 0 Å². The molecule has 23 heavy (non-hydrogen) atoms. The van der Waals surface area contributed by atoms with Crippen LogP contribution in [0.1, 0.15) is 0 Å². The smallest absolute Gasteiger partial charge is 0.187 e. The highest BCUT2D eigenvalue weighted by Crippen LogP contribution is 2.24. The molecule has 0 aromatic rings. The van der Waals surface area contributed by atoms with Crippen LogP contribution in [0.15, 0.2) is 0 Å². The van der Waals surface area contributed by atoms with Crippen molar-refractivity contribution < 1.29 is 55.4 Å². The van der Waals surface area contributed by atoms with E-state index >= 15 is 0 Å². The molecular formula is C12H24O11. The molecule has 0 aromatic heterocycles. The lowest BCUT2D eigenvalue weighted by atomic mass is 9.99. The Labute approximate surface area is 131 Å². The summed E-state index contributed by atoms with van der Waals surface area (Å²) in [6.07, 6.45) is -14.9. The first kappa shape index (κ1) is 20.6. The minimum Gasteiger partial charge on any atom is -0.394 e. The molecule has 1 heterocycles. The topological polar surface area (TPSA) is 201 Å². The number of aliphatic hydroxyl groups excluding tert-OH is 9. The summed E-state index contributed by atoms with van der Waals surface area (Å²) in [6, 6.07) is 0. The van der Waals surface area contributed by atoms with E-state index in [1.807, 2.05) is 0 Å². The lowest BCUT2D eigenvalue weighted by Crippen LogP contribution is -2.61. The molecule has 9 N–H and O–H groups in total. The molecular weight excluding hydrogens is 320 g/mol. The second-order valence-electron chi connectivity index (χ2n) is 5.29. The molecule has 0 aromatic carbocycles. The fraction of sp³-hybridized carbons (Fsp3) is 1.00. The van der Waals surface area contributed by atoms with Crippen molar-refractivity contribution >= 4 is 0 Å². The van der Waals surface area contributed by atoms with Gasteiger partial charge in [0.1, 0.15) is 48.8 Å². The molecule has 9 atom stereocenters. The normalized spacial score (nSPS) is 37.2. The van der Waals surface area contributed by atoms with E-state index < -0.39 is 74.9 Å². The van der Waals surface area contributed by atoms with E-state index in [2.05, 4.69) is 0 Å². The zero-order chi connectivity index (χ0) is 17.7. The fourth-order valence-electron chi connectivity index (χ4n) is 2.14. The Balaban J connectivity index is 2.77. The molecule has 1 saturated heterocycles. The molecule has 0 spiro atoms. The molecule has 1 aliphatic rings. The van der Waals surface area contributed by atoms with Crippen LogP contribution in [0.25, 0.3) is 0 Å². The molecule has 1 fully saturated rings. The molecule has 0 saturated carbocycles. The molecule has 0 amide bonds. The van der Waals surface area contributed by atoms with Crippen LogP contribution in [0.5, 0.6) is 0 Å². The third-order valence-corrected chi connectivity index (χ3v) is 3.65. The third kappa shape index (κ3) is 4.78. The van der Waals surface area contributed by atoms with Gasteiger partial charge in [0.05, 0.1) is 19.8 Å². The zero-order valence-electron chi connectivity index (χ0n) is 12.2. The molecule has 0 bridgehead atoms. The van der Waals surface area contributed by atoms with Gasteiger partial charge in [-0.05, 0) is 0 Å². The first-order valence-electron chi connectivity index (χ1n) is 7.00. The second-order valence-corrected chi connectivity index (χ2v) is 5.29. The molecule has 1 rings (SSSR count). The van der Waals surface area contributed by atoms with Gasteiger partial charge in [0.2, 0.25) is 0 Å². The lowest BCUT2D eigenvalue weighted by molar-refractivity contribution is -0.322. The SMILES string of the molecule is OC[C@@H](O)[C@@H](O)[C@H](O)[C@@H](CO)O[C@H]1O[C@H](CO)[C@@H](O)[C@H](O)[C@@H]1O. The summed E-state index contributed by atoms with van der Waals surface area (Å²) in [5.74, 6) is 0. The van der Waals surface area contributed by atoms with E-state index in [0.29, 0.717) is 0 Å². The standard InChI is InChI=1S/C12H24O11/c13-1-4(16)7(17)8(18)5(2-14)22-12-11(21)10(20)9(19)6(3-15)23-12/h4-21H,1-3H2/t4-,5-,6-,7-,8-,9-,10+,11+,12+/m1/s1. The maximum absolute atomic E-state index is 9.83. The highest BCUT2D eigenvalue weighted by Gasteiger charge is 2.46. The van der Waals surface area contributed by atoms with Gasteiger partial charge >= 0.3 is 0 Å². The van der Waals surface area contributed by atoms with E-state index in [0.717, 1.165) is 0 Å². The summed E-state index contributed by atoms with van der Waals surface area (Å²) in [7, 11) is 0. The summed E-state index contributed by atoms with van der Waals surface area (Å²) in [6.45, 7) is -2.40. The molecule has 11 heteroatoms. The van der Waals surface area contributed by atoms with E-state index in [1.54, 1.807) is 0 Å². The Morgan fingerprint density at radius 3 is 1.91 bits per heavy atom. The number of rotatable bonds is 8. The van der Waals surface area contributed by atoms with Crippen LogP contribution in [0.3, 0.4) is 0 Å². The van der Waals surface area contributed by atoms with Gasteiger partial charge in [0.25, 0.3) is 0 Å². The largest absolute Gasteiger partial charge is 0.394 e. The van der Waals surface area contributed by atoms with Crippen molar-refractivity contribution in [3.63, 3.8) is 0 Å². The number of ether oxygens (including phenoxy) is 2. The van der Waals surface area contributed by atoms with Gasteiger partial charge in [0.15, 0.2) is 6.29 Å². The van der Waals surface area contributed by atoms with Gasteiger partial charge in [0, 0.05) is 0 Å². The first-order valence-corrected chi connectivity index (χ1v) is 7.00. The summed E-state index contributed by atoms with van der Waals surface area (Å²) < 4.78 is 10.1. The molecule has 11 nitrogen and oxygen atoms in total. The van der Waals surface area contributed by atoms with Gasteiger partial charge in [-0.3, -0.25) is 0 Å². The second kappa shape index (κ2) is 9.15. The monoisotopic (exact) mass is 344 g/mol. The molecule has 0 aliphatic carbocycles. The Bertz CT molecular complexity index is 341. The molecule has 0 radical (unpaired) electrons. The maximum atomic E-state index is 9.83. The van der Waals surface area contributed by atoms with E-state index in [-0.39, 0.29) is 0 Å². The van der Waals surface area contributed by atoms with E-state index in [1.165, 1.54) is 0 Å². The first-order chi connectivity index (χ1) is 10.8. The van der Waals surface area contributed by atoms with Crippen LogP contribution in [-0.2, 0) is 9.47 Å². The Morgan fingerprint density at radius 1 is 0.826 bits per heavy atom. The van der Waals surface area contributed by atoms with Crippen molar-refractivity contribution in [2.24, 2.45) is 0 Å². The molecule has 1 aliphatic heterocycles. The van der Waals surface area contributed by atoms with Gasteiger partial charge in [-0.15, -0.1) is 0 Å². The van der Waals surface area contributed by atoms with Crippen molar-refractivity contribution in [3.05, 3.63) is 0 Å². The molecule has 138 valence electrons. The highest BCUT2D eigenvalue weighted by atomic mass is 16.7. The van der Waals surface area contributed by atoms with Crippen molar-refractivity contribution in [1.82, 2.24) is 0 Å². The van der Waals surface area contributed by atoms with Crippen LogP contribution < -0.4 is 0 Å². The van der Waals surface area contributed by atoms with Crippen LogP contribution in [0, 0.1) is 0 Å². The predicted molar refractivity (Wildman–Crippen MR) is 70.8 cm³/mol. The summed E-state index contributed by atoms with van der Waals surface area (Å²) in [5, 5.41) is 84.7. The highest BCUT2D eigenvalue weighted by molar-refractivity contribution is 4.90. The minimum atomic E-state index is -1.86. The average molecular weight is 344 g/mol. The Kier molecular flexibility index (Phi) is 8.20. The Morgan fingerprint density at radius 2 is 1.43 bits per heavy atom. The van der Waals surface area contributed by atoms with Gasteiger partial charge in [-0.25, -0.2) is 0 Å². The fourth-order valence-corrected chi connectivity index (χ4v) is 2.14. The van der Waals surface area contributed by atoms with Crippen LogP contribution in [0.4, 0.5) is 0 Å².